The van der Waals surface area contributed by atoms with Crippen LogP contribution in [0, 0.1) is 0 Å². The number of hydrogen-bond acceptors (Lipinski definition) is 7. The third kappa shape index (κ3) is 5.72. The first kappa shape index (κ1) is 26.4. The molecule has 0 aromatic heterocycles. The maximum absolute atomic E-state index is 13.2. The van der Waals surface area contributed by atoms with E-state index in [0.717, 1.165) is 16.7 Å². The van der Waals surface area contributed by atoms with Crippen molar-refractivity contribution in [2.75, 3.05) is 28.4 Å². The van der Waals surface area contributed by atoms with Crippen LogP contribution in [0.25, 0.3) is 0 Å². The van der Waals surface area contributed by atoms with Crippen molar-refractivity contribution < 1.29 is 32.3 Å². The van der Waals surface area contributed by atoms with Gasteiger partial charge in [0.1, 0.15) is 5.75 Å². The van der Waals surface area contributed by atoms with Crippen LogP contribution >= 0.6 is 15.2 Å². The second kappa shape index (κ2) is 9.21. The van der Waals surface area contributed by atoms with E-state index in [2.05, 4.69) is 0 Å². The van der Waals surface area contributed by atoms with Crippen LogP contribution in [-0.2, 0) is 44.5 Å². The molecule has 0 radical (unpaired) electrons. The molecule has 9 heteroatoms. The second-order valence-electron chi connectivity index (χ2n) is 9.03. The number of aromatic hydroxyl groups is 1. The van der Waals surface area contributed by atoms with Gasteiger partial charge in [-0.1, -0.05) is 53.7 Å². The second-order valence-corrected chi connectivity index (χ2v) is 14.3. The molecule has 0 fully saturated rings. The van der Waals surface area contributed by atoms with E-state index < -0.39 is 20.6 Å². The molecule has 0 bridgehead atoms. The molecule has 0 aliphatic rings. The molecule has 0 atom stereocenters. The minimum absolute atomic E-state index is 0.0599. The van der Waals surface area contributed by atoms with Gasteiger partial charge in [-0.15, -0.1) is 0 Å². The van der Waals surface area contributed by atoms with Crippen molar-refractivity contribution in [3.05, 3.63) is 28.8 Å². The first-order valence-corrected chi connectivity index (χ1v) is 12.6. The van der Waals surface area contributed by atoms with Crippen LogP contribution in [0.4, 0.5) is 0 Å². The molecule has 1 aromatic rings. The van der Waals surface area contributed by atoms with Crippen molar-refractivity contribution >= 4 is 15.2 Å². The monoisotopic (exact) mass is 450 g/mol. The molecule has 0 saturated carbocycles. The van der Waals surface area contributed by atoms with Gasteiger partial charge in [0.2, 0.25) is 0 Å². The molecule has 0 spiro atoms. The van der Waals surface area contributed by atoms with E-state index in [1.54, 1.807) is 0 Å². The largest absolute Gasteiger partial charge is 0.507 e. The van der Waals surface area contributed by atoms with Crippen molar-refractivity contribution in [1.82, 2.24) is 0 Å². The minimum atomic E-state index is -3.81. The lowest BCUT2D eigenvalue weighted by atomic mass is 9.78. The molecule has 29 heavy (non-hydrogen) atoms. The van der Waals surface area contributed by atoms with Gasteiger partial charge >= 0.3 is 15.2 Å². The Hall–Kier alpha value is -0.680. The Balaban J connectivity index is 3.74. The van der Waals surface area contributed by atoms with E-state index in [4.69, 9.17) is 18.1 Å². The normalized spacial score (nSPS) is 13.9. The summed E-state index contributed by atoms with van der Waals surface area (Å²) in [5.41, 5.74) is 1.54. The number of phenolic OH excluding ortho intramolecular Hbond substituents is 1. The fourth-order valence-electron chi connectivity index (χ4n) is 3.20. The van der Waals surface area contributed by atoms with Gasteiger partial charge in [-0.25, -0.2) is 0 Å². The number of rotatable bonds is 8. The average Bonchev–Trinajstić information content (AvgIpc) is 2.63. The van der Waals surface area contributed by atoms with Gasteiger partial charge in [-0.3, -0.25) is 9.13 Å². The standard InChI is InChI=1S/C20H36O7P2/c1-19(2,3)15-11-14(12-16(18(15)21)20(4,5)6)13-17(28(22,24-7)25-8)29(23,26-9)27-10/h11-12,17,21H,13H2,1-10H3. The summed E-state index contributed by atoms with van der Waals surface area (Å²) in [6.45, 7) is 12.0. The Labute approximate surface area is 175 Å². The molecule has 1 rings (SSSR count). The molecule has 0 amide bonds. The maximum Gasteiger partial charge on any atom is 0.345 e. The van der Waals surface area contributed by atoms with Crippen molar-refractivity contribution in [2.45, 2.75) is 64.2 Å². The van der Waals surface area contributed by atoms with Crippen molar-refractivity contribution in [3.63, 3.8) is 0 Å². The van der Waals surface area contributed by atoms with Crippen molar-refractivity contribution in [2.24, 2.45) is 0 Å². The summed E-state index contributed by atoms with van der Waals surface area (Å²) in [7, 11) is -2.66. The molecule has 0 aliphatic heterocycles. The summed E-state index contributed by atoms with van der Waals surface area (Å²) in [6.07, 6.45) is 0.0599. The Bertz CT molecular complexity index is 729. The third-order valence-corrected chi connectivity index (χ3v) is 10.5. The van der Waals surface area contributed by atoms with E-state index in [1.807, 2.05) is 53.7 Å². The van der Waals surface area contributed by atoms with Gasteiger partial charge in [0.15, 0.2) is 5.40 Å². The Kier molecular flexibility index (Phi) is 8.37. The minimum Gasteiger partial charge on any atom is -0.507 e. The highest BCUT2D eigenvalue weighted by molar-refractivity contribution is 7.72. The zero-order valence-corrected chi connectivity index (χ0v) is 21.0. The average molecular weight is 450 g/mol. The molecular formula is C20H36O7P2. The summed E-state index contributed by atoms with van der Waals surface area (Å²) in [6, 6.07) is 3.67. The zero-order chi connectivity index (χ0) is 22.8. The van der Waals surface area contributed by atoms with Gasteiger partial charge in [0.25, 0.3) is 0 Å². The van der Waals surface area contributed by atoms with Crippen LogP contribution in [0.2, 0.25) is 0 Å². The van der Waals surface area contributed by atoms with E-state index in [9.17, 15) is 14.2 Å². The predicted molar refractivity (Wildman–Crippen MR) is 116 cm³/mol. The van der Waals surface area contributed by atoms with Gasteiger partial charge in [0, 0.05) is 28.4 Å². The molecule has 7 nitrogen and oxygen atoms in total. The van der Waals surface area contributed by atoms with Crippen LogP contribution in [0.5, 0.6) is 5.75 Å². The van der Waals surface area contributed by atoms with Gasteiger partial charge < -0.3 is 23.2 Å². The Morgan fingerprint density at radius 1 is 0.793 bits per heavy atom. The summed E-state index contributed by atoms with van der Waals surface area (Å²) in [5.74, 6) is 0.230. The molecule has 168 valence electrons. The first-order chi connectivity index (χ1) is 13.1. The maximum atomic E-state index is 13.2. The summed E-state index contributed by atoms with van der Waals surface area (Å²) < 4.78 is 47.0. The lowest BCUT2D eigenvalue weighted by Gasteiger charge is -2.31. The zero-order valence-electron chi connectivity index (χ0n) is 19.2. The predicted octanol–water partition coefficient (Wildman–Crippen LogP) is 5.83. The molecule has 0 heterocycles. The van der Waals surface area contributed by atoms with Crippen LogP contribution < -0.4 is 0 Å². The lowest BCUT2D eigenvalue weighted by molar-refractivity contribution is 0.246. The molecule has 0 aliphatic carbocycles. The lowest BCUT2D eigenvalue weighted by Crippen LogP contribution is -2.21. The van der Waals surface area contributed by atoms with Gasteiger partial charge in [-0.2, -0.15) is 0 Å². The first-order valence-electron chi connectivity index (χ1n) is 9.38. The fraction of sp³-hybridized carbons (Fsp3) is 0.700. The van der Waals surface area contributed by atoms with Crippen LogP contribution in [0.15, 0.2) is 12.1 Å². The summed E-state index contributed by atoms with van der Waals surface area (Å²) in [4.78, 5) is 0. The number of hydrogen-bond donors (Lipinski definition) is 1. The highest BCUT2D eigenvalue weighted by atomic mass is 31.2. The molecule has 1 aromatic carbocycles. The van der Waals surface area contributed by atoms with Gasteiger partial charge in [0.05, 0.1) is 0 Å². The van der Waals surface area contributed by atoms with Crippen molar-refractivity contribution in [1.29, 1.82) is 0 Å². The van der Waals surface area contributed by atoms with E-state index in [1.165, 1.54) is 28.4 Å². The van der Waals surface area contributed by atoms with E-state index in [-0.39, 0.29) is 23.0 Å². The summed E-state index contributed by atoms with van der Waals surface area (Å²) >= 11 is 0. The molecule has 0 unspecified atom stereocenters. The van der Waals surface area contributed by atoms with Crippen LogP contribution in [0.3, 0.4) is 0 Å². The SMILES string of the molecule is COP(=O)(OC)C(Cc1cc(C(C)(C)C)c(O)c(C(C)(C)C)c1)P(=O)(OC)OC. The molecule has 0 saturated heterocycles. The fourth-order valence-corrected chi connectivity index (χ4v) is 7.86. The quantitative estimate of drug-likeness (QED) is 0.499. The third-order valence-electron chi connectivity index (χ3n) is 4.95. The van der Waals surface area contributed by atoms with Crippen LogP contribution in [-0.4, -0.2) is 38.9 Å². The molecular weight excluding hydrogens is 414 g/mol. The Morgan fingerprint density at radius 2 is 1.10 bits per heavy atom. The number of benzene rings is 1. The van der Waals surface area contributed by atoms with Crippen LogP contribution in [0.1, 0.15) is 58.2 Å². The number of phenols is 1. The molecule has 1 N–H and O–H groups in total. The van der Waals surface area contributed by atoms with E-state index >= 15 is 0 Å². The van der Waals surface area contributed by atoms with E-state index in [0.29, 0.717) is 0 Å². The highest BCUT2D eigenvalue weighted by Gasteiger charge is 2.49. The highest BCUT2D eigenvalue weighted by Crippen LogP contribution is 2.70. The topological polar surface area (TPSA) is 91.3 Å². The van der Waals surface area contributed by atoms with Gasteiger partial charge in [-0.05, 0) is 33.9 Å². The Morgan fingerprint density at radius 3 is 1.34 bits per heavy atom. The smallest absolute Gasteiger partial charge is 0.345 e. The van der Waals surface area contributed by atoms with Crippen molar-refractivity contribution in [3.8, 4) is 5.75 Å². The summed E-state index contributed by atoms with van der Waals surface area (Å²) in [5, 5.41) is 9.75.